The summed E-state index contributed by atoms with van der Waals surface area (Å²) in [6.07, 6.45) is 2.56. The van der Waals surface area contributed by atoms with E-state index in [9.17, 15) is 5.11 Å². The molecule has 1 saturated heterocycles. The van der Waals surface area contributed by atoms with Crippen molar-refractivity contribution in [1.82, 2.24) is 15.0 Å². The summed E-state index contributed by atoms with van der Waals surface area (Å²) in [6.45, 7) is 1.29. The fraction of sp³-hybridized carbons (Fsp3) is 0.529. The fourth-order valence-electron chi connectivity index (χ4n) is 3.25. The molecule has 1 aliphatic carbocycles. The first-order valence-electron chi connectivity index (χ1n) is 8.12. The summed E-state index contributed by atoms with van der Waals surface area (Å²) in [4.78, 5) is 6.75. The van der Waals surface area contributed by atoms with Gasteiger partial charge in [0.2, 0.25) is 5.89 Å². The molecule has 4 rings (SSSR count). The summed E-state index contributed by atoms with van der Waals surface area (Å²) in [5, 5.41) is 14.2. The summed E-state index contributed by atoms with van der Waals surface area (Å²) in [5.41, 5.74) is 1.09. The molecule has 6 heteroatoms. The SMILES string of the molecule is COc1ccccc1CN1CC(O)CC1c1nc(C2CC2)no1. The molecule has 1 N–H and O–H groups in total. The van der Waals surface area contributed by atoms with Crippen molar-refractivity contribution in [3.63, 3.8) is 0 Å². The van der Waals surface area contributed by atoms with E-state index in [4.69, 9.17) is 9.26 Å². The van der Waals surface area contributed by atoms with Crippen molar-refractivity contribution in [3.8, 4) is 5.75 Å². The summed E-state index contributed by atoms with van der Waals surface area (Å²) in [6, 6.07) is 7.92. The Morgan fingerprint density at radius 1 is 1.35 bits per heavy atom. The highest BCUT2D eigenvalue weighted by Crippen LogP contribution is 2.40. The largest absolute Gasteiger partial charge is 0.496 e. The van der Waals surface area contributed by atoms with Crippen LogP contribution in [0.25, 0.3) is 0 Å². The van der Waals surface area contributed by atoms with Gasteiger partial charge in [-0.3, -0.25) is 4.90 Å². The first-order valence-corrected chi connectivity index (χ1v) is 8.12. The minimum Gasteiger partial charge on any atom is -0.496 e. The molecule has 0 radical (unpaired) electrons. The van der Waals surface area contributed by atoms with Crippen LogP contribution < -0.4 is 4.74 Å². The van der Waals surface area contributed by atoms with Crippen LogP contribution in [0.3, 0.4) is 0 Å². The summed E-state index contributed by atoms with van der Waals surface area (Å²) < 4.78 is 10.9. The second kappa shape index (κ2) is 5.94. The van der Waals surface area contributed by atoms with Gasteiger partial charge in [-0.25, -0.2) is 0 Å². The van der Waals surface area contributed by atoms with Crippen LogP contribution in [0.4, 0.5) is 0 Å². The monoisotopic (exact) mass is 315 g/mol. The molecule has 2 heterocycles. The van der Waals surface area contributed by atoms with Gasteiger partial charge in [-0.05, 0) is 25.3 Å². The molecule has 0 bridgehead atoms. The van der Waals surface area contributed by atoms with Crippen LogP contribution in [0.5, 0.6) is 5.75 Å². The number of aliphatic hydroxyl groups is 1. The smallest absolute Gasteiger partial charge is 0.244 e. The van der Waals surface area contributed by atoms with E-state index < -0.39 is 0 Å². The van der Waals surface area contributed by atoms with E-state index in [1.54, 1.807) is 7.11 Å². The molecule has 122 valence electrons. The molecule has 0 amide bonds. The number of aromatic nitrogens is 2. The molecule has 2 aliphatic rings. The molecule has 2 aromatic rings. The van der Waals surface area contributed by atoms with Crippen LogP contribution in [-0.4, -0.2) is 39.9 Å². The predicted octanol–water partition coefficient (Wildman–Crippen LogP) is 2.26. The van der Waals surface area contributed by atoms with Crippen LogP contribution in [0.1, 0.15) is 48.5 Å². The van der Waals surface area contributed by atoms with E-state index in [1.165, 1.54) is 0 Å². The first kappa shape index (κ1) is 14.7. The lowest BCUT2D eigenvalue weighted by Crippen LogP contribution is -2.24. The van der Waals surface area contributed by atoms with Crippen LogP contribution in [0, 0.1) is 0 Å². The molecule has 6 nitrogen and oxygen atoms in total. The molecule has 2 atom stereocenters. The van der Waals surface area contributed by atoms with Gasteiger partial charge in [-0.1, -0.05) is 23.4 Å². The van der Waals surface area contributed by atoms with Gasteiger partial charge in [0.1, 0.15) is 5.75 Å². The lowest BCUT2D eigenvalue weighted by atomic mass is 10.1. The van der Waals surface area contributed by atoms with Crippen LogP contribution in [0.15, 0.2) is 28.8 Å². The van der Waals surface area contributed by atoms with Gasteiger partial charge in [0, 0.05) is 24.6 Å². The summed E-state index contributed by atoms with van der Waals surface area (Å²) in [5.74, 6) is 2.77. The Morgan fingerprint density at radius 2 is 2.17 bits per heavy atom. The van der Waals surface area contributed by atoms with Gasteiger partial charge in [-0.15, -0.1) is 0 Å². The van der Waals surface area contributed by atoms with E-state index in [0.29, 0.717) is 31.3 Å². The third-order valence-electron chi connectivity index (χ3n) is 4.63. The topological polar surface area (TPSA) is 71.6 Å². The number of para-hydroxylation sites is 1. The standard InChI is InChI=1S/C17H21N3O3/c1-22-15-5-3-2-4-12(15)9-20-10-13(21)8-14(20)17-18-16(19-23-17)11-6-7-11/h2-5,11,13-14,21H,6-10H2,1H3. The van der Waals surface area contributed by atoms with E-state index in [2.05, 4.69) is 15.0 Å². The van der Waals surface area contributed by atoms with E-state index in [-0.39, 0.29) is 12.1 Å². The number of hydrogen-bond donors (Lipinski definition) is 1. The highest BCUT2D eigenvalue weighted by molar-refractivity contribution is 5.33. The zero-order valence-electron chi connectivity index (χ0n) is 13.2. The third-order valence-corrected chi connectivity index (χ3v) is 4.63. The van der Waals surface area contributed by atoms with Crippen LogP contribution in [0.2, 0.25) is 0 Å². The van der Waals surface area contributed by atoms with Crippen LogP contribution >= 0.6 is 0 Å². The average molecular weight is 315 g/mol. The number of benzene rings is 1. The Bertz CT molecular complexity index is 683. The molecule has 0 spiro atoms. The van der Waals surface area contributed by atoms with Gasteiger partial charge < -0.3 is 14.4 Å². The third kappa shape index (κ3) is 2.96. The molecule has 1 aromatic heterocycles. The Morgan fingerprint density at radius 3 is 2.96 bits per heavy atom. The van der Waals surface area contributed by atoms with Crippen molar-refractivity contribution in [1.29, 1.82) is 0 Å². The van der Waals surface area contributed by atoms with Crippen molar-refractivity contribution in [2.75, 3.05) is 13.7 Å². The summed E-state index contributed by atoms with van der Waals surface area (Å²) in [7, 11) is 1.68. The Balaban J connectivity index is 1.55. The lowest BCUT2D eigenvalue weighted by Gasteiger charge is -2.22. The molecular formula is C17H21N3O3. The number of rotatable bonds is 5. The molecular weight excluding hydrogens is 294 g/mol. The maximum absolute atomic E-state index is 10.1. The molecule has 1 saturated carbocycles. The van der Waals surface area contributed by atoms with Gasteiger partial charge in [0.25, 0.3) is 0 Å². The Hall–Kier alpha value is -1.92. The second-order valence-electron chi connectivity index (χ2n) is 6.41. The first-order chi connectivity index (χ1) is 11.2. The van der Waals surface area contributed by atoms with E-state index >= 15 is 0 Å². The van der Waals surface area contributed by atoms with Crippen molar-refractivity contribution in [3.05, 3.63) is 41.5 Å². The quantitative estimate of drug-likeness (QED) is 0.912. The van der Waals surface area contributed by atoms with E-state index in [0.717, 1.165) is 30.0 Å². The minimum atomic E-state index is -0.369. The zero-order valence-corrected chi connectivity index (χ0v) is 13.2. The molecule has 2 fully saturated rings. The van der Waals surface area contributed by atoms with Gasteiger partial charge in [0.05, 0.1) is 19.3 Å². The van der Waals surface area contributed by atoms with E-state index in [1.807, 2.05) is 24.3 Å². The van der Waals surface area contributed by atoms with Crippen molar-refractivity contribution >= 4 is 0 Å². The highest BCUT2D eigenvalue weighted by Gasteiger charge is 2.37. The Labute approximate surface area is 135 Å². The molecule has 2 unspecified atom stereocenters. The highest BCUT2D eigenvalue weighted by atomic mass is 16.5. The lowest BCUT2D eigenvalue weighted by molar-refractivity contribution is 0.168. The number of ether oxygens (including phenoxy) is 1. The average Bonchev–Trinajstić information content (AvgIpc) is 3.18. The number of aliphatic hydroxyl groups excluding tert-OH is 1. The zero-order chi connectivity index (χ0) is 15.8. The fourth-order valence-corrected chi connectivity index (χ4v) is 3.25. The summed E-state index contributed by atoms with van der Waals surface area (Å²) >= 11 is 0. The number of nitrogens with zero attached hydrogens (tertiary/aromatic N) is 3. The predicted molar refractivity (Wildman–Crippen MR) is 83.0 cm³/mol. The number of methoxy groups -OCH3 is 1. The molecule has 23 heavy (non-hydrogen) atoms. The number of β-amino-alcohol motifs (C(OH)–C–C–N with tert-alkyl or cyclic N) is 1. The minimum absolute atomic E-state index is 0.0325. The normalized spacial score (nSPS) is 25.0. The second-order valence-corrected chi connectivity index (χ2v) is 6.41. The van der Waals surface area contributed by atoms with Gasteiger partial charge in [-0.2, -0.15) is 4.98 Å². The van der Waals surface area contributed by atoms with Crippen molar-refractivity contribution in [2.45, 2.75) is 43.9 Å². The van der Waals surface area contributed by atoms with Gasteiger partial charge >= 0.3 is 0 Å². The van der Waals surface area contributed by atoms with Crippen molar-refractivity contribution in [2.24, 2.45) is 0 Å². The maximum Gasteiger partial charge on any atom is 0.244 e. The number of likely N-dealkylation sites (tertiary alicyclic amines) is 1. The Kier molecular flexibility index (Phi) is 3.79. The number of hydrogen-bond acceptors (Lipinski definition) is 6. The van der Waals surface area contributed by atoms with Crippen LogP contribution in [-0.2, 0) is 6.54 Å². The molecule has 1 aliphatic heterocycles. The van der Waals surface area contributed by atoms with Gasteiger partial charge in [0.15, 0.2) is 5.82 Å². The maximum atomic E-state index is 10.1. The van der Waals surface area contributed by atoms with Crippen molar-refractivity contribution < 1.29 is 14.4 Å². The molecule has 1 aromatic carbocycles.